The van der Waals surface area contributed by atoms with Gasteiger partial charge in [0.15, 0.2) is 5.96 Å². The molecule has 0 spiro atoms. The first-order valence-corrected chi connectivity index (χ1v) is 8.28. The molecule has 2 aromatic rings. The van der Waals surface area contributed by atoms with E-state index in [0.29, 0.717) is 6.54 Å². The molecule has 0 saturated carbocycles. The van der Waals surface area contributed by atoms with Gasteiger partial charge in [-0.25, -0.2) is 4.99 Å². The highest BCUT2D eigenvalue weighted by molar-refractivity contribution is 14.0. The van der Waals surface area contributed by atoms with Crippen LogP contribution in [-0.2, 0) is 13.0 Å². The summed E-state index contributed by atoms with van der Waals surface area (Å²) in [7, 11) is 1.68. The number of nitrogens with zero attached hydrogens (tertiary/aromatic N) is 2. The van der Waals surface area contributed by atoms with Gasteiger partial charge in [-0.05, 0) is 49.6 Å². The number of hydrogen-bond acceptors (Lipinski definition) is 3. The topological polar surface area (TPSA) is 58.5 Å². The Labute approximate surface area is 167 Å². The van der Waals surface area contributed by atoms with Crippen molar-refractivity contribution in [2.45, 2.75) is 26.8 Å². The molecule has 136 valence electrons. The van der Waals surface area contributed by atoms with E-state index in [-0.39, 0.29) is 24.0 Å². The predicted molar refractivity (Wildman–Crippen MR) is 114 cm³/mol. The van der Waals surface area contributed by atoms with Crippen LogP contribution in [0.25, 0.3) is 0 Å². The smallest absolute Gasteiger partial charge is 0.191 e. The van der Waals surface area contributed by atoms with Crippen molar-refractivity contribution >= 4 is 29.9 Å². The van der Waals surface area contributed by atoms with Crippen LogP contribution in [0.2, 0.25) is 0 Å². The van der Waals surface area contributed by atoms with Crippen LogP contribution in [0.5, 0.6) is 5.75 Å². The Hall–Kier alpha value is -1.83. The maximum Gasteiger partial charge on any atom is 0.191 e. The molecule has 1 heterocycles. The summed E-state index contributed by atoms with van der Waals surface area (Å²) in [4.78, 5) is 9.00. The molecule has 0 atom stereocenters. The molecule has 1 aromatic carbocycles. The normalized spacial score (nSPS) is 10.8. The number of halogens is 1. The minimum absolute atomic E-state index is 0. The van der Waals surface area contributed by atoms with Gasteiger partial charge in [-0.2, -0.15) is 0 Å². The molecule has 0 aliphatic heterocycles. The predicted octanol–water partition coefficient (Wildman–Crippen LogP) is 3.31. The number of aromatic nitrogens is 1. The molecule has 0 bridgehead atoms. The summed E-state index contributed by atoms with van der Waals surface area (Å²) in [6, 6.07) is 12.1. The van der Waals surface area contributed by atoms with E-state index in [1.165, 1.54) is 5.56 Å². The zero-order valence-electron chi connectivity index (χ0n) is 15.1. The molecule has 6 heteroatoms. The van der Waals surface area contributed by atoms with Crippen molar-refractivity contribution < 1.29 is 4.74 Å². The molecular formula is C19H27IN4O. The minimum atomic E-state index is 0. The number of hydrogen-bond donors (Lipinski definition) is 2. The molecule has 0 fully saturated rings. The van der Waals surface area contributed by atoms with Crippen molar-refractivity contribution in [1.82, 2.24) is 15.6 Å². The summed E-state index contributed by atoms with van der Waals surface area (Å²) in [6.07, 6.45) is 2.74. The maximum absolute atomic E-state index is 5.18. The van der Waals surface area contributed by atoms with Gasteiger partial charge < -0.3 is 15.4 Å². The number of benzene rings is 1. The first-order valence-electron chi connectivity index (χ1n) is 8.28. The molecule has 0 aliphatic carbocycles. The van der Waals surface area contributed by atoms with Crippen LogP contribution < -0.4 is 15.4 Å². The number of nitrogens with one attached hydrogen (secondary N) is 2. The number of ether oxygens (including phenoxy) is 1. The van der Waals surface area contributed by atoms with Gasteiger partial charge in [0, 0.05) is 19.3 Å². The monoisotopic (exact) mass is 454 g/mol. The highest BCUT2D eigenvalue weighted by Gasteiger charge is 2.01. The van der Waals surface area contributed by atoms with Crippen LogP contribution in [0.3, 0.4) is 0 Å². The molecular weight excluding hydrogens is 427 g/mol. The first kappa shape index (κ1) is 21.2. The van der Waals surface area contributed by atoms with E-state index in [0.717, 1.165) is 42.5 Å². The summed E-state index contributed by atoms with van der Waals surface area (Å²) in [5.74, 6) is 1.70. The Morgan fingerprint density at radius 1 is 1.16 bits per heavy atom. The number of rotatable bonds is 7. The molecule has 0 amide bonds. The van der Waals surface area contributed by atoms with E-state index in [9.17, 15) is 0 Å². The van der Waals surface area contributed by atoms with E-state index in [1.54, 1.807) is 7.11 Å². The lowest BCUT2D eigenvalue weighted by Gasteiger charge is -2.12. The van der Waals surface area contributed by atoms with E-state index in [4.69, 9.17) is 4.74 Å². The summed E-state index contributed by atoms with van der Waals surface area (Å²) >= 11 is 0. The molecule has 1 aromatic heterocycles. The van der Waals surface area contributed by atoms with E-state index in [2.05, 4.69) is 52.7 Å². The average Bonchev–Trinajstić information content (AvgIpc) is 2.61. The van der Waals surface area contributed by atoms with Gasteiger partial charge >= 0.3 is 0 Å². The quantitative estimate of drug-likeness (QED) is 0.383. The van der Waals surface area contributed by atoms with Gasteiger partial charge in [0.1, 0.15) is 5.75 Å². The van der Waals surface area contributed by atoms with Gasteiger partial charge in [-0.15, -0.1) is 24.0 Å². The van der Waals surface area contributed by atoms with Crippen LogP contribution in [0.1, 0.15) is 23.7 Å². The third kappa shape index (κ3) is 7.29. The molecule has 25 heavy (non-hydrogen) atoms. The molecule has 0 saturated heterocycles. The van der Waals surface area contributed by atoms with Crippen LogP contribution in [0.15, 0.2) is 47.6 Å². The van der Waals surface area contributed by atoms with Crippen LogP contribution >= 0.6 is 24.0 Å². The fourth-order valence-electron chi connectivity index (χ4n) is 2.30. The average molecular weight is 454 g/mol. The van der Waals surface area contributed by atoms with Crippen LogP contribution in [0.4, 0.5) is 0 Å². The standard InChI is InChI=1S/C19H26N4O.HI/c1-4-20-19(23-14-18-15(2)6-5-12-21-18)22-13-11-16-7-9-17(24-3)10-8-16;/h5-10,12H,4,11,13-14H2,1-3H3,(H2,20,22,23);1H. The fraction of sp³-hybridized carbons (Fsp3) is 0.368. The molecule has 0 radical (unpaired) electrons. The summed E-state index contributed by atoms with van der Waals surface area (Å²) < 4.78 is 5.18. The molecule has 0 aliphatic rings. The molecule has 2 rings (SSSR count). The Morgan fingerprint density at radius 2 is 1.92 bits per heavy atom. The molecule has 5 nitrogen and oxygen atoms in total. The van der Waals surface area contributed by atoms with Gasteiger partial charge in [-0.3, -0.25) is 4.98 Å². The van der Waals surface area contributed by atoms with Gasteiger partial charge in [-0.1, -0.05) is 18.2 Å². The first-order chi connectivity index (χ1) is 11.7. The lowest BCUT2D eigenvalue weighted by Crippen LogP contribution is -2.38. The Kier molecular flexibility index (Phi) is 9.91. The van der Waals surface area contributed by atoms with Crippen molar-refractivity contribution in [2.24, 2.45) is 4.99 Å². The highest BCUT2D eigenvalue weighted by atomic mass is 127. The van der Waals surface area contributed by atoms with Gasteiger partial charge in [0.05, 0.1) is 19.3 Å². The second kappa shape index (κ2) is 11.7. The van der Waals surface area contributed by atoms with E-state index >= 15 is 0 Å². The number of methoxy groups -OCH3 is 1. The number of guanidine groups is 1. The zero-order valence-corrected chi connectivity index (χ0v) is 17.4. The summed E-state index contributed by atoms with van der Waals surface area (Å²) in [5.41, 5.74) is 3.43. The third-order valence-electron chi connectivity index (χ3n) is 3.71. The largest absolute Gasteiger partial charge is 0.497 e. The minimum Gasteiger partial charge on any atom is -0.497 e. The molecule has 0 unspecified atom stereocenters. The fourth-order valence-corrected chi connectivity index (χ4v) is 2.30. The molecule has 2 N–H and O–H groups in total. The van der Waals surface area contributed by atoms with Gasteiger partial charge in [0.25, 0.3) is 0 Å². The SMILES string of the molecule is CCNC(=NCc1ncccc1C)NCCc1ccc(OC)cc1.I. The summed E-state index contributed by atoms with van der Waals surface area (Å²) in [6.45, 7) is 6.34. The highest BCUT2D eigenvalue weighted by Crippen LogP contribution is 2.11. The van der Waals surface area contributed by atoms with Crippen molar-refractivity contribution in [2.75, 3.05) is 20.2 Å². The maximum atomic E-state index is 5.18. The van der Waals surface area contributed by atoms with E-state index < -0.39 is 0 Å². The van der Waals surface area contributed by atoms with Crippen molar-refractivity contribution in [3.05, 3.63) is 59.4 Å². The lowest BCUT2D eigenvalue weighted by atomic mass is 10.1. The Balaban J connectivity index is 0.00000312. The van der Waals surface area contributed by atoms with Crippen molar-refractivity contribution in [1.29, 1.82) is 0 Å². The number of pyridine rings is 1. The van der Waals surface area contributed by atoms with E-state index in [1.807, 2.05) is 24.4 Å². The third-order valence-corrected chi connectivity index (χ3v) is 3.71. The Morgan fingerprint density at radius 3 is 2.56 bits per heavy atom. The van der Waals surface area contributed by atoms with Crippen molar-refractivity contribution in [3.63, 3.8) is 0 Å². The number of aryl methyl sites for hydroxylation is 1. The lowest BCUT2D eigenvalue weighted by molar-refractivity contribution is 0.414. The Bertz CT molecular complexity index is 659. The van der Waals surface area contributed by atoms with Crippen LogP contribution in [0, 0.1) is 6.92 Å². The summed E-state index contributed by atoms with van der Waals surface area (Å²) in [5, 5.41) is 6.64. The van der Waals surface area contributed by atoms with Gasteiger partial charge in [0.2, 0.25) is 0 Å². The number of aliphatic imine (C=N–C) groups is 1. The van der Waals surface area contributed by atoms with Crippen molar-refractivity contribution in [3.8, 4) is 5.75 Å². The second-order valence-electron chi connectivity index (χ2n) is 5.49. The second-order valence-corrected chi connectivity index (χ2v) is 5.49. The van der Waals surface area contributed by atoms with Crippen LogP contribution in [-0.4, -0.2) is 31.1 Å². The zero-order chi connectivity index (χ0) is 17.2.